The topological polar surface area (TPSA) is 20.2 Å². The summed E-state index contributed by atoms with van der Waals surface area (Å²) < 4.78 is 0. The number of rotatable bonds is 2. The van der Waals surface area contributed by atoms with E-state index in [1.807, 2.05) is 6.92 Å². The molecular weight excluding hydrogens is 136 g/mol. The number of hydrogen-bond donors (Lipinski definition) is 1. The summed E-state index contributed by atoms with van der Waals surface area (Å²) in [6.45, 7) is 8.17. The average Bonchev–Trinajstić information content (AvgIpc) is 1.85. The Bertz CT molecular complexity index is 154. The largest absolute Gasteiger partial charge is 0.392 e. The van der Waals surface area contributed by atoms with Gasteiger partial charge in [-0.25, -0.2) is 0 Å². The molecule has 1 nitrogen and oxygen atoms in total. The van der Waals surface area contributed by atoms with E-state index in [4.69, 9.17) is 5.11 Å². The maximum atomic E-state index is 9.15. The van der Waals surface area contributed by atoms with Crippen LogP contribution in [0.2, 0.25) is 0 Å². The predicted molar refractivity (Wildman–Crippen MR) is 48.1 cm³/mol. The zero-order valence-corrected chi connectivity index (χ0v) is 7.94. The summed E-state index contributed by atoms with van der Waals surface area (Å²) in [4.78, 5) is 0. The van der Waals surface area contributed by atoms with Gasteiger partial charge in [-0.15, -0.1) is 5.92 Å². The third kappa shape index (κ3) is 7.42. The van der Waals surface area contributed by atoms with Crippen LogP contribution in [0.1, 0.15) is 40.5 Å². The lowest BCUT2D eigenvalue weighted by Gasteiger charge is -2.07. The zero-order chi connectivity index (χ0) is 8.91. The molecule has 0 bridgehead atoms. The quantitative estimate of drug-likeness (QED) is 0.604. The molecule has 0 aliphatic heterocycles. The van der Waals surface area contributed by atoms with Crippen LogP contribution < -0.4 is 0 Å². The highest BCUT2D eigenvalue weighted by Crippen LogP contribution is 2.10. The van der Waals surface area contributed by atoms with E-state index in [0.717, 1.165) is 6.42 Å². The first-order chi connectivity index (χ1) is 4.95. The highest BCUT2D eigenvalue weighted by Gasteiger charge is 2.03. The Morgan fingerprint density at radius 2 is 1.91 bits per heavy atom. The Morgan fingerprint density at radius 3 is 2.27 bits per heavy atom. The standard InChI is InChI=1S/C10H18O/c1-5-9(11)7-6-8-10(2,3)4/h9,11H,5,7H2,1-4H3. The summed E-state index contributed by atoms with van der Waals surface area (Å²) in [7, 11) is 0. The van der Waals surface area contributed by atoms with Crippen LogP contribution in [-0.4, -0.2) is 11.2 Å². The third-order valence-electron chi connectivity index (χ3n) is 1.27. The molecule has 0 aromatic heterocycles. The van der Waals surface area contributed by atoms with Gasteiger partial charge >= 0.3 is 0 Å². The summed E-state index contributed by atoms with van der Waals surface area (Å²) >= 11 is 0. The normalized spacial score (nSPS) is 13.5. The second kappa shape index (κ2) is 4.41. The molecule has 0 heterocycles. The van der Waals surface area contributed by atoms with Crippen LogP contribution >= 0.6 is 0 Å². The van der Waals surface area contributed by atoms with Gasteiger partial charge in [0.15, 0.2) is 0 Å². The van der Waals surface area contributed by atoms with Crippen molar-refractivity contribution >= 4 is 0 Å². The maximum Gasteiger partial charge on any atom is 0.0646 e. The van der Waals surface area contributed by atoms with Crippen molar-refractivity contribution in [2.75, 3.05) is 0 Å². The highest BCUT2D eigenvalue weighted by atomic mass is 16.3. The van der Waals surface area contributed by atoms with Crippen LogP contribution in [0.3, 0.4) is 0 Å². The van der Waals surface area contributed by atoms with Crippen LogP contribution in [-0.2, 0) is 0 Å². The molecule has 0 amide bonds. The molecule has 0 radical (unpaired) electrons. The number of aliphatic hydroxyl groups is 1. The summed E-state index contributed by atoms with van der Waals surface area (Å²) in [6.07, 6.45) is 1.15. The van der Waals surface area contributed by atoms with Gasteiger partial charge in [-0.2, -0.15) is 0 Å². The molecule has 0 rings (SSSR count). The van der Waals surface area contributed by atoms with E-state index in [1.165, 1.54) is 0 Å². The summed E-state index contributed by atoms with van der Waals surface area (Å²) in [5.41, 5.74) is 0.0630. The predicted octanol–water partition coefficient (Wildman–Crippen LogP) is 2.20. The number of hydrogen-bond acceptors (Lipinski definition) is 1. The minimum Gasteiger partial charge on any atom is -0.392 e. The molecule has 0 aromatic rings. The van der Waals surface area contributed by atoms with Gasteiger partial charge in [0.05, 0.1) is 6.10 Å². The van der Waals surface area contributed by atoms with Gasteiger partial charge in [0.1, 0.15) is 0 Å². The van der Waals surface area contributed by atoms with Crippen LogP contribution in [0, 0.1) is 17.3 Å². The van der Waals surface area contributed by atoms with Gasteiger partial charge in [0.2, 0.25) is 0 Å². The first-order valence-electron chi connectivity index (χ1n) is 4.14. The van der Waals surface area contributed by atoms with Crippen molar-refractivity contribution in [3.63, 3.8) is 0 Å². The van der Waals surface area contributed by atoms with Crippen molar-refractivity contribution in [3.05, 3.63) is 0 Å². The Hall–Kier alpha value is -0.480. The molecule has 0 aliphatic rings. The Kier molecular flexibility index (Phi) is 4.22. The molecule has 1 heteroatoms. The zero-order valence-electron chi connectivity index (χ0n) is 7.94. The minimum atomic E-state index is -0.246. The van der Waals surface area contributed by atoms with E-state index < -0.39 is 0 Å². The van der Waals surface area contributed by atoms with Gasteiger partial charge in [-0.05, 0) is 27.2 Å². The molecule has 64 valence electrons. The Balaban J connectivity index is 3.73. The third-order valence-corrected chi connectivity index (χ3v) is 1.27. The average molecular weight is 154 g/mol. The van der Waals surface area contributed by atoms with Gasteiger partial charge in [0.25, 0.3) is 0 Å². The summed E-state index contributed by atoms with van der Waals surface area (Å²) in [6, 6.07) is 0. The van der Waals surface area contributed by atoms with Crippen LogP contribution in [0.15, 0.2) is 0 Å². The molecule has 0 saturated carbocycles. The molecule has 1 N–H and O–H groups in total. The van der Waals surface area contributed by atoms with Gasteiger partial charge in [-0.3, -0.25) is 0 Å². The monoisotopic (exact) mass is 154 g/mol. The molecule has 0 spiro atoms. The van der Waals surface area contributed by atoms with Crippen molar-refractivity contribution < 1.29 is 5.11 Å². The lowest BCUT2D eigenvalue weighted by Crippen LogP contribution is -2.04. The van der Waals surface area contributed by atoms with Crippen molar-refractivity contribution in [3.8, 4) is 11.8 Å². The smallest absolute Gasteiger partial charge is 0.0646 e. The minimum absolute atomic E-state index is 0.0630. The van der Waals surface area contributed by atoms with Crippen molar-refractivity contribution in [1.82, 2.24) is 0 Å². The first kappa shape index (κ1) is 10.5. The molecular formula is C10H18O. The van der Waals surface area contributed by atoms with Crippen LogP contribution in [0.5, 0.6) is 0 Å². The lowest BCUT2D eigenvalue weighted by molar-refractivity contribution is 0.176. The lowest BCUT2D eigenvalue weighted by atomic mass is 9.97. The van der Waals surface area contributed by atoms with Crippen molar-refractivity contribution in [1.29, 1.82) is 0 Å². The van der Waals surface area contributed by atoms with Gasteiger partial charge < -0.3 is 5.11 Å². The van der Waals surface area contributed by atoms with E-state index >= 15 is 0 Å². The fraction of sp³-hybridized carbons (Fsp3) is 0.800. The molecule has 1 unspecified atom stereocenters. The molecule has 0 fully saturated rings. The second-order valence-corrected chi connectivity index (χ2v) is 3.82. The van der Waals surface area contributed by atoms with Crippen LogP contribution in [0.4, 0.5) is 0 Å². The first-order valence-corrected chi connectivity index (χ1v) is 4.14. The second-order valence-electron chi connectivity index (χ2n) is 3.82. The number of aliphatic hydroxyl groups excluding tert-OH is 1. The van der Waals surface area contributed by atoms with Crippen LogP contribution in [0.25, 0.3) is 0 Å². The molecule has 0 aromatic carbocycles. The van der Waals surface area contributed by atoms with E-state index in [1.54, 1.807) is 0 Å². The molecule has 0 saturated heterocycles. The molecule has 0 aliphatic carbocycles. The summed E-state index contributed by atoms with van der Waals surface area (Å²) in [5.74, 6) is 6.05. The molecule has 1 atom stereocenters. The van der Waals surface area contributed by atoms with E-state index in [2.05, 4.69) is 32.6 Å². The molecule has 11 heavy (non-hydrogen) atoms. The van der Waals surface area contributed by atoms with Crippen molar-refractivity contribution in [2.24, 2.45) is 5.41 Å². The van der Waals surface area contributed by atoms with Gasteiger partial charge in [-0.1, -0.05) is 12.8 Å². The van der Waals surface area contributed by atoms with E-state index in [9.17, 15) is 0 Å². The maximum absolute atomic E-state index is 9.15. The van der Waals surface area contributed by atoms with Crippen molar-refractivity contribution in [2.45, 2.75) is 46.6 Å². The Labute approximate surface area is 69.8 Å². The fourth-order valence-corrected chi connectivity index (χ4v) is 0.578. The van der Waals surface area contributed by atoms with E-state index in [0.29, 0.717) is 6.42 Å². The highest BCUT2D eigenvalue weighted by molar-refractivity contribution is 5.07. The summed E-state index contributed by atoms with van der Waals surface area (Å²) in [5, 5.41) is 9.15. The Morgan fingerprint density at radius 1 is 1.36 bits per heavy atom. The van der Waals surface area contributed by atoms with Gasteiger partial charge in [0, 0.05) is 11.8 Å². The SMILES string of the molecule is CCC(O)CC#CC(C)(C)C. The van der Waals surface area contributed by atoms with E-state index in [-0.39, 0.29) is 11.5 Å². The fourth-order valence-electron chi connectivity index (χ4n) is 0.578.